The van der Waals surface area contributed by atoms with E-state index in [1.807, 2.05) is 0 Å². The fourth-order valence-corrected chi connectivity index (χ4v) is 1.81. The van der Waals surface area contributed by atoms with Gasteiger partial charge in [0, 0.05) is 18.2 Å². The number of rotatable bonds is 4. The zero-order valence-corrected chi connectivity index (χ0v) is 8.90. The van der Waals surface area contributed by atoms with Crippen molar-refractivity contribution in [2.45, 2.75) is 25.8 Å². The van der Waals surface area contributed by atoms with E-state index in [2.05, 4.69) is 5.32 Å². The second-order valence-electron chi connectivity index (χ2n) is 4.29. The zero-order valence-electron chi connectivity index (χ0n) is 8.90. The number of nitrogens with one attached hydrogen (secondary N) is 1. The molecular weight excluding hydrogens is 215 g/mol. The highest BCUT2D eigenvalue weighted by Gasteiger charge is 2.17. The van der Waals surface area contributed by atoms with E-state index in [4.69, 9.17) is 0 Å². The van der Waals surface area contributed by atoms with Crippen molar-refractivity contribution in [3.63, 3.8) is 0 Å². The summed E-state index contributed by atoms with van der Waals surface area (Å²) in [5.41, 5.74) is 0.179. The van der Waals surface area contributed by atoms with E-state index < -0.39 is 17.5 Å². The van der Waals surface area contributed by atoms with E-state index in [9.17, 15) is 13.2 Å². The zero-order chi connectivity index (χ0) is 11.5. The summed E-state index contributed by atoms with van der Waals surface area (Å²) in [6.07, 6.45) is 3.66. The minimum absolute atomic E-state index is 0.179. The van der Waals surface area contributed by atoms with Crippen molar-refractivity contribution in [1.29, 1.82) is 0 Å². The monoisotopic (exact) mass is 229 g/mol. The Bertz CT molecular complexity index is 375. The molecule has 1 nitrogen and oxygen atoms in total. The van der Waals surface area contributed by atoms with Crippen LogP contribution >= 0.6 is 0 Å². The lowest BCUT2D eigenvalue weighted by Crippen LogP contribution is -2.27. The Balaban J connectivity index is 1.90. The summed E-state index contributed by atoms with van der Waals surface area (Å²) in [6, 6.07) is 1.51. The second kappa shape index (κ2) is 4.87. The fourth-order valence-electron chi connectivity index (χ4n) is 1.81. The van der Waals surface area contributed by atoms with Gasteiger partial charge in [0.05, 0.1) is 0 Å². The van der Waals surface area contributed by atoms with Crippen LogP contribution < -0.4 is 5.32 Å². The summed E-state index contributed by atoms with van der Waals surface area (Å²) >= 11 is 0. The third kappa shape index (κ3) is 2.55. The SMILES string of the molecule is Fc1cc(F)c(CNCC2CCC2)cc1F. The average molecular weight is 229 g/mol. The molecule has 0 atom stereocenters. The maximum absolute atomic E-state index is 13.2. The quantitative estimate of drug-likeness (QED) is 0.782. The molecule has 88 valence electrons. The van der Waals surface area contributed by atoms with E-state index in [1.54, 1.807) is 0 Å². The normalized spacial score (nSPS) is 16.2. The first-order valence-electron chi connectivity index (χ1n) is 5.51. The fraction of sp³-hybridized carbons (Fsp3) is 0.500. The maximum atomic E-state index is 13.2. The Hall–Kier alpha value is -1.03. The molecule has 1 saturated carbocycles. The van der Waals surface area contributed by atoms with Gasteiger partial charge in [-0.1, -0.05) is 6.42 Å². The lowest BCUT2D eigenvalue weighted by molar-refractivity contribution is 0.300. The molecular formula is C12H14F3N. The van der Waals surface area contributed by atoms with Crippen LogP contribution in [0.15, 0.2) is 12.1 Å². The predicted octanol–water partition coefficient (Wildman–Crippen LogP) is 2.99. The molecule has 1 aromatic carbocycles. The van der Waals surface area contributed by atoms with Crippen molar-refractivity contribution < 1.29 is 13.2 Å². The Morgan fingerprint density at radius 3 is 2.38 bits per heavy atom. The molecule has 0 spiro atoms. The number of hydrogen-bond acceptors (Lipinski definition) is 1. The molecule has 16 heavy (non-hydrogen) atoms. The first-order chi connectivity index (χ1) is 7.66. The molecule has 0 unspecified atom stereocenters. The van der Waals surface area contributed by atoms with Gasteiger partial charge >= 0.3 is 0 Å². The molecule has 1 aromatic rings. The third-order valence-electron chi connectivity index (χ3n) is 3.06. The van der Waals surface area contributed by atoms with Crippen LogP contribution in [-0.2, 0) is 6.54 Å². The molecule has 1 fully saturated rings. The Kier molecular flexibility index (Phi) is 3.49. The van der Waals surface area contributed by atoms with Crippen LogP contribution in [0.3, 0.4) is 0 Å². The topological polar surface area (TPSA) is 12.0 Å². The first-order valence-corrected chi connectivity index (χ1v) is 5.51. The summed E-state index contributed by atoms with van der Waals surface area (Å²) < 4.78 is 38.7. The van der Waals surface area contributed by atoms with Gasteiger partial charge in [0.15, 0.2) is 11.6 Å². The molecule has 1 aliphatic rings. The van der Waals surface area contributed by atoms with Crippen molar-refractivity contribution in [3.05, 3.63) is 35.1 Å². The third-order valence-corrected chi connectivity index (χ3v) is 3.06. The van der Waals surface area contributed by atoms with Gasteiger partial charge < -0.3 is 5.32 Å². The molecule has 1 N–H and O–H groups in total. The molecule has 0 aliphatic heterocycles. The number of hydrogen-bond donors (Lipinski definition) is 1. The van der Waals surface area contributed by atoms with Crippen LogP contribution in [0.2, 0.25) is 0 Å². The van der Waals surface area contributed by atoms with E-state index in [-0.39, 0.29) is 12.1 Å². The Labute approximate surface area is 92.7 Å². The molecule has 4 heteroatoms. The Morgan fingerprint density at radius 1 is 1.06 bits per heavy atom. The molecule has 0 aromatic heterocycles. The second-order valence-corrected chi connectivity index (χ2v) is 4.29. The summed E-state index contributed by atoms with van der Waals surface area (Å²) in [6.45, 7) is 1.07. The summed E-state index contributed by atoms with van der Waals surface area (Å²) in [4.78, 5) is 0. The van der Waals surface area contributed by atoms with Crippen molar-refractivity contribution >= 4 is 0 Å². The van der Waals surface area contributed by atoms with Crippen LogP contribution in [0, 0.1) is 23.4 Å². The van der Waals surface area contributed by atoms with E-state index in [1.165, 1.54) is 19.3 Å². The van der Waals surface area contributed by atoms with Crippen LogP contribution in [0.5, 0.6) is 0 Å². The van der Waals surface area contributed by atoms with E-state index in [0.29, 0.717) is 12.0 Å². The van der Waals surface area contributed by atoms with Crippen molar-refractivity contribution in [1.82, 2.24) is 5.32 Å². The minimum Gasteiger partial charge on any atom is -0.312 e. The van der Waals surface area contributed by atoms with Crippen LogP contribution in [0.25, 0.3) is 0 Å². The molecule has 0 amide bonds. The summed E-state index contributed by atoms with van der Waals surface area (Å²) in [5.74, 6) is -2.17. The predicted molar refractivity (Wildman–Crippen MR) is 55.4 cm³/mol. The van der Waals surface area contributed by atoms with Crippen molar-refractivity contribution in [2.24, 2.45) is 5.92 Å². The van der Waals surface area contributed by atoms with Gasteiger partial charge in [-0.2, -0.15) is 0 Å². The van der Waals surface area contributed by atoms with Gasteiger partial charge in [-0.15, -0.1) is 0 Å². The molecule has 2 rings (SSSR count). The molecule has 0 saturated heterocycles. The van der Waals surface area contributed by atoms with Gasteiger partial charge in [-0.05, 0) is 31.4 Å². The minimum atomic E-state index is -1.14. The molecule has 0 heterocycles. The van der Waals surface area contributed by atoms with Gasteiger partial charge in [-0.25, -0.2) is 13.2 Å². The highest BCUT2D eigenvalue weighted by Crippen LogP contribution is 2.25. The van der Waals surface area contributed by atoms with E-state index in [0.717, 1.165) is 12.6 Å². The number of benzene rings is 1. The lowest BCUT2D eigenvalue weighted by Gasteiger charge is -2.25. The molecule has 1 aliphatic carbocycles. The van der Waals surface area contributed by atoms with Gasteiger partial charge in [0.25, 0.3) is 0 Å². The highest BCUT2D eigenvalue weighted by molar-refractivity contribution is 5.19. The smallest absolute Gasteiger partial charge is 0.161 e. The van der Waals surface area contributed by atoms with Gasteiger partial charge in [-0.3, -0.25) is 0 Å². The standard InChI is InChI=1S/C12H14F3N/c13-10-5-12(15)11(14)4-9(10)7-16-6-8-2-1-3-8/h4-5,8,16H,1-3,6-7H2. The highest BCUT2D eigenvalue weighted by atomic mass is 19.2. The van der Waals surface area contributed by atoms with Crippen LogP contribution in [0.4, 0.5) is 13.2 Å². The number of halogens is 3. The summed E-state index contributed by atoms with van der Waals surface area (Å²) in [7, 11) is 0. The lowest BCUT2D eigenvalue weighted by atomic mass is 9.85. The largest absolute Gasteiger partial charge is 0.312 e. The Morgan fingerprint density at radius 2 is 1.75 bits per heavy atom. The van der Waals surface area contributed by atoms with Gasteiger partial charge in [0.1, 0.15) is 5.82 Å². The van der Waals surface area contributed by atoms with Crippen molar-refractivity contribution in [2.75, 3.05) is 6.54 Å². The van der Waals surface area contributed by atoms with E-state index >= 15 is 0 Å². The van der Waals surface area contributed by atoms with Gasteiger partial charge in [0.2, 0.25) is 0 Å². The molecule has 0 radical (unpaired) electrons. The first kappa shape index (κ1) is 11.5. The summed E-state index contributed by atoms with van der Waals surface area (Å²) in [5, 5.41) is 3.06. The maximum Gasteiger partial charge on any atom is 0.161 e. The average Bonchev–Trinajstić information content (AvgIpc) is 2.17. The van der Waals surface area contributed by atoms with Crippen molar-refractivity contribution in [3.8, 4) is 0 Å². The molecule has 0 bridgehead atoms. The van der Waals surface area contributed by atoms with Crippen LogP contribution in [0.1, 0.15) is 24.8 Å². The van der Waals surface area contributed by atoms with Crippen LogP contribution in [-0.4, -0.2) is 6.54 Å².